The number of aliphatic hydroxyl groups is 1. The third-order valence-electron chi connectivity index (χ3n) is 1.87. The Kier molecular flexibility index (Phi) is 2.70. The Bertz CT molecular complexity index is 193. The van der Waals surface area contributed by atoms with Crippen LogP contribution in [-0.2, 0) is 4.74 Å². The molecule has 0 aromatic carbocycles. The molecule has 0 spiro atoms. The van der Waals surface area contributed by atoms with E-state index in [4.69, 9.17) is 4.74 Å². The van der Waals surface area contributed by atoms with Gasteiger partial charge in [-0.2, -0.15) is 0 Å². The summed E-state index contributed by atoms with van der Waals surface area (Å²) in [6, 6.07) is 0. The van der Waals surface area contributed by atoms with E-state index in [1.54, 1.807) is 6.08 Å². The van der Waals surface area contributed by atoms with E-state index >= 15 is 0 Å². The van der Waals surface area contributed by atoms with E-state index in [1.165, 1.54) is 4.90 Å². The van der Waals surface area contributed by atoms with Gasteiger partial charge in [-0.3, -0.25) is 4.90 Å². The van der Waals surface area contributed by atoms with Gasteiger partial charge in [0, 0.05) is 6.54 Å². The van der Waals surface area contributed by atoms with Crippen LogP contribution in [0.2, 0.25) is 0 Å². The number of hydrogen-bond donors (Lipinski definition) is 1. The van der Waals surface area contributed by atoms with Crippen LogP contribution in [0.15, 0.2) is 12.7 Å². The summed E-state index contributed by atoms with van der Waals surface area (Å²) >= 11 is 0. The number of nitrogens with zero attached hydrogens (tertiary/aromatic N) is 1. The minimum absolute atomic E-state index is 0.330. The predicted molar refractivity (Wildman–Crippen MR) is 43.5 cm³/mol. The lowest BCUT2D eigenvalue weighted by molar-refractivity contribution is 0.0168. The summed E-state index contributed by atoms with van der Waals surface area (Å²) < 4.78 is 4.88. The van der Waals surface area contributed by atoms with Crippen LogP contribution in [0, 0.1) is 0 Å². The summed E-state index contributed by atoms with van der Waals surface area (Å²) in [5.74, 6) is 0. The van der Waals surface area contributed by atoms with Gasteiger partial charge in [0.25, 0.3) is 0 Å². The average molecular weight is 171 g/mol. The van der Waals surface area contributed by atoms with Crippen LogP contribution in [0.25, 0.3) is 0 Å². The summed E-state index contributed by atoms with van der Waals surface area (Å²) in [4.78, 5) is 12.3. The Morgan fingerprint density at radius 3 is 2.92 bits per heavy atom. The van der Waals surface area contributed by atoms with Gasteiger partial charge in [-0.25, -0.2) is 4.79 Å². The lowest BCUT2D eigenvalue weighted by Crippen LogP contribution is -2.36. The molecule has 1 aliphatic heterocycles. The molecule has 1 fully saturated rings. The average Bonchev–Trinajstić information content (AvgIpc) is 2.32. The number of carbonyl (C=O) groups excluding carboxylic acids is 1. The van der Waals surface area contributed by atoms with Crippen LogP contribution < -0.4 is 0 Å². The van der Waals surface area contributed by atoms with Gasteiger partial charge in [0.2, 0.25) is 0 Å². The number of aliphatic hydroxyl groups excluding tert-OH is 1. The van der Waals surface area contributed by atoms with Crippen molar-refractivity contribution in [3.63, 3.8) is 0 Å². The summed E-state index contributed by atoms with van der Waals surface area (Å²) in [7, 11) is 0. The molecular weight excluding hydrogens is 158 g/mol. The second-order valence-corrected chi connectivity index (χ2v) is 2.69. The van der Waals surface area contributed by atoms with Crippen molar-refractivity contribution in [3.8, 4) is 0 Å². The highest BCUT2D eigenvalue weighted by Crippen LogP contribution is 2.19. The Labute approximate surface area is 71.4 Å². The van der Waals surface area contributed by atoms with Gasteiger partial charge < -0.3 is 9.84 Å². The fourth-order valence-electron chi connectivity index (χ4n) is 1.18. The highest BCUT2D eigenvalue weighted by Gasteiger charge is 2.38. The van der Waals surface area contributed by atoms with E-state index in [9.17, 15) is 9.90 Å². The smallest absolute Gasteiger partial charge is 0.412 e. The van der Waals surface area contributed by atoms with Crippen molar-refractivity contribution in [2.75, 3.05) is 6.54 Å². The minimum Gasteiger partial charge on any atom is -0.441 e. The van der Waals surface area contributed by atoms with Gasteiger partial charge in [0.15, 0.2) is 6.23 Å². The molecule has 0 aliphatic carbocycles. The summed E-state index contributed by atoms with van der Waals surface area (Å²) in [6.45, 7) is 5.67. The zero-order valence-electron chi connectivity index (χ0n) is 7.06. The molecule has 1 rings (SSSR count). The number of amides is 1. The van der Waals surface area contributed by atoms with E-state index in [0.29, 0.717) is 13.0 Å². The standard InChI is InChI=1S/C8H13NO3/c1-3-5-9-7(10)6(4-2)12-8(9)11/h3,6-7,10H,1,4-5H2,2H3. The third-order valence-corrected chi connectivity index (χ3v) is 1.87. The van der Waals surface area contributed by atoms with Crippen molar-refractivity contribution in [3.05, 3.63) is 12.7 Å². The molecule has 68 valence electrons. The first kappa shape index (κ1) is 9.06. The number of carbonyl (C=O) groups is 1. The number of hydrogen-bond acceptors (Lipinski definition) is 3. The van der Waals surface area contributed by atoms with Gasteiger partial charge in [0.1, 0.15) is 6.10 Å². The Balaban J connectivity index is 2.63. The highest BCUT2D eigenvalue weighted by molar-refractivity contribution is 5.70. The maximum absolute atomic E-state index is 11.0. The van der Waals surface area contributed by atoms with E-state index in [2.05, 4.69) is 6.58 Å². The Hall–Kier alpha value is -1.03. The van der Waals surface area contributed by atoms with Crippen molar-refractivity contribution < 1.29 is 14.6 Å². The molecule has 0 radical (unpaired) electrons. The molecule has 0 saturated carbocycles. The van der Waals surface area contributed by atoms with E-state index in [1.807, 2.05) is 6.92 Å². The molecule has 1 N–H and O–H groups in total. The summed E-state index contributed by atoms with van der Waals surface area (Å²) in [5.41, 5.74) is 0. The lowest BCUT2D eigenvalue weighted by Gasteiger charge is -2.16. The molecule has 1 amide bonds. The maximum Gasteiger partial charge on any atom is 0.412 e. The third kappa shape index (κ3) is 1.43. The molecule has 2 unspecified atom stereocenters. The summed E-state index contributed by atoms with van der Waals surface area (Å²) in [5, 5.41) is 9.48. The Morgan fingerprint density at radius 2 is 2.50 bits per heavy atom. The molecule has 0 bridgehead atoms. The lowest BCUT2D eigenvalue weighted by atomic mass is 10.2. The van der Waals surface area contributed by atoms with Gasteiger partial charge in [-0.05, 0) is 6.42 Å². The van der Waals surface area contributed by atoms with Crippen LogP contribution in [0.4, 0.5) is 4.79 Å². The molecule has 1 aliphatic rings. The van der Waals surface area contributed by atoms with E-state index in [0.717, 1.165) is 0 Å². The van der Waals surface area contributed by atoms with E-state index < -0.39 is 18.4 Å². The second-order valence-electron chi connectivity index (χ2n) is 2.69. The topological polar surface area (TPSA) is 49.8 Å². The van der Waals surface area contributed by atoms with Crippen LogP contribution in [0.1, 0.15) is 13.3 Å². The molecule has 1 heterocycles. The van der Waals surface area contributed by atoms with Crippen molar-refractivity contribution in [1.29, 1.82) is 0 Å². The molecule has 2 atom stereocenters. The zero-order valence-corrected chi connectivity index (χ0v) is 7.06. The fourth-order valence-corrected chi connectivity index (χ4v) is 1.18. The van der Waals surface area contributed by atoms with Crippen LogP contribution in [-0.4, -0.2) is 35.0 Å². The number of cyclic esters (lactones) is 1. The molecule has 4 nitrogen and oxygen atoms in total. The first-order valence-corrected chi connectivity index (χ1v) is 3.97. The van der Waals surface area contributed by atoms with Crippen molar-refractivity contribution in [2.45, 2.75) is 25.7 Å². The molecule has 4 heteroatoms. The van der Waals surface area contributed by atoms with Gasteiger partial charge >= 0.3 is 6.09 Å². The minimum atomic E-state index is -0.819. The number of rotatable bonds is 3. The fraction of sp³-hybridized carbons (Fsp3) is 0.625. The molecule has 12 heavy (non-hydrogen) atoms. The van der Waals surface area contributed by atoms with Crippen molar-refractivity contribution >= 4 is 6.09 Å². The van der Waals surface area contributed by atoms with E-state index in [-0.39, 0.29) is 0 Å². The first-order valence-electron chi connectivity index (χ1n) is 3.97. The molecule has 0 aromatic rings. The van der Waals surface area contributed by atoms with Crippen molar-refractivity contribution in [2.24, 2.45) is 0 Å². The maximum atomic E-state index is 11.0. The SMILES string of the molecule is C=CCN1C(=O)OC(CC)C1O. The highest BCUT2D eigenvalue weighted by atomic mass is 16.6. The Morgan fingerprint density at radius 1 is 1.83 bits per heavy atom. The van der Waals surface area contributed by atoms with Crippen LogP contribution >= 0.6 is 0 Å². The number of ether oxygens (including phenoxy) is 1. The van der Waals surface area contributed by atoms with Crippen LogP contribution in [0.3, 0.4) is 0 Å². The van der Waals surface area contributed by atoms with Gasteiger partial charge in [0.05, 0.1) is 0 Å². The second kappa shape index (κ2) is 3.58. The van der Waals surface area contributed by atoms with Crippen LogP contribution in [0.5, 0.6) is 0 Å². The summed E-state index contributed by atoms with van der Waals surface area (Å²) in [6.07, 6.45) is 0.510. The molecular formula is C8H13NO3. The van der Waals surface area contributed by atoms with Crippen molar-refractivity contribution in [1.82, 2.24) is 4.90 Å². The van der Waals surface area contributed by atoms with Gasteiger partial charge in [-0.1, -0.05) is 13.0 Å². The predicted octanol–water partition coefficient (Wildman–Crippen LogP) is 0.722. The first-order chi connectivity index (χ1) is 5.70. The monoisotopic (exact) mass is 171 g/mol. The quantitative estimate of drug-likeness (QED) is 0.636. The largest absolute Gasteiger partial charge is 0.441 e. The molecule has 1 saturated heterocycles. The van der Waals surface area contributed by atoms with Gasteiger partial charge in [-0.15, -0.1) is 6.58 Å². The molecule has 0 aromatic heterocycles. The normalized spacial score (nSPS) is 28.8. The zero-order chi connectivity index (χ0) is 9.14.